The maximum atomic E-state index is 12.4. The molecule has 23 heavy (non-hydrogen) atoms. The molecule has 0 aromatic heterocycles. The summed E-state index contributed by atoms with van der Waals surface area (Å²) in [7, 11) is 0. The maximum absolute atomic E-state index is 12.4. The van der Waals surface area contributed by atoms with E-state index in [1.807, 2.05) is 11.0 Å². The summed E-state index contributed by atoms with van der Waals surface area (Å²) in [5.41, 5.74) is 2.49. The molecule has 2 heterocycles. The highest BCUT2D eigenvalue weighted by molar-refractivity contribution is 5.90. The number of carbonyl (C=O) groups excluding carboxylic acids is 2. The molecule has 1 aromatic rings. The molecule has 2 fully saturated rings. The Labute approximate surface area is 137 Å². The van der Waals surface area contributed by atoms with Crippen molar-refractivity contribution in [2.24, 2.45) is 0 Å². The number of nitrogens with zero attached hydrogens (tertiary/aromatic N) is 1. The molecule has 0 radical (unpaired) electrons. The van der Waals surface area contributed by atoms with E-state index in [0.29, 0.717) is 25.9 Å². The molecule has 3 rings (SSSR count). The van der Waals surface area contributed by atoms with Crippen LogP contribution in [0.25, 0.3) is 0 Å². The van der Waals surface area contributed by atoms with Gasteiger partial charge in [-0.25, -0.2) is 0 Å². The topological polar surface area (TPSA) is 58.6 Å². The Morgan fingerprint density at radius 1 is 1.17 bits per heavy atom. The summed E-state index contributed by atoms with van der Waals surface area (Å²) < 4.78 is 6.05. The first kappa shape index (κ1) is 15.8. The van der Waals surface area contributed by atoms with Crippen LogP contribution in [0.15, 0.2) is 18.2 Å². The first-order valence-electron chi connectivity index (χ1n) is 8.35. The minimum absolute atomic E-state index is 0.0173. The van der Waals surface area contributed by atoms with Crippen LogP contribution in [0.2, 0.25) is 0 Å². The Balaban J connectivity index is 1.51. The van der Waals surface area contributed by atoms with Crippen LogP contribution in [-0.4, -0.2) is 41.9 Å². The second-order valence-corrected chi connectivity index (χ2v) is 6.55. The molecule has 0 saturated carbocycles. The number of ether oxygens (including phenoxy) is 1. The van der Waals surface area contributed by atoms with Gasteiger partial charge in [-0.05, 0) is 43.5 Å². The molecule has 2 aliphatic heterocycles. The minimum Gasteiger partial charge on any atom is -0.490 e. The van der Waals surface area contributed by atoms with Gasteiger partial charge >= 0.3 is 0 Å². The van der Waals surface area contributed by atoms with Gasteiger partial charge in [0.15, 0.2) is 0 Å². The van der Waals surface area contributed by atoms with E-state index in [1.165, 1.54) is 11.1 Å². The van der Waals surface area contributed by atoms with E-state index >= 15 is 0 Å². The number of aryl methyl sites for hydroxylation is 2. The van der Waals surface area contributed by atoms with E-state index in [-0.39, 0.29) is 24.0 Å². The zero-order chi connectivity index (χ0) is 16.4. The van der Waals surface area contributed by atoms with Gasteiger partial charge in [0.2, 0.25) is 11.8 Å². The third kappa shape index (κ3) is 3.66. The van der Waals surface area contributed by atoms with Gasteiger partial charge in [-0.2, -0.15) is 0 Å². The van der Waals surface area contributed by atoms with Gasteiger partial charge in [-0.15, -0.1) is 0 Å². The van der Waals surface area contributed by atoms with Gasteiger partial charge < -0.3 is 15.0 Å². The number of piperidine rings is 1. The Morgan fingerprint density at radius 3 is 2.52 bits per heavy atom. The molecule has 5 heteroatoms. The predicted octanol–water partition coefficient (Wildman–Crippen LogP) is 1.95. The van der Waals surface area contributed by atoms with E-state index < -0.39 is 0 Å². The summed E-state index contributed by atoms with van der Waals surface area (Å²) in [6.45, 7) is 5.56. The van der Waals surface area contributed by atoms with Crippen molar-refractivity contribution in [2.75, 3.05) is 13.1 Å². The van der Waals surface area contributed by atoms with E-state index in [9.17, 15) is 9.59 Å². The van der Waals surface area contributed by atoms with Crippen LogP contribution in [-0.2, 0) is 9.59 Å². The van der Waals surface area contributed by atoms with Crippen LogP contribution in [0.4, 0.5) is 0 Å². The normalized spacial score (nSPS) is 22.1. The smallest absolute Gasteiger partial charge is 0.245 e. The monoisotopic (exact) mass is 316 g/mol. The lowest BCUT2D eigenvalue weighted by atomic mass is 10.1. The number of amides is 2. The Bertz CT molecular complexity index is 606. The van der Waals surface area contributed by atoms with Crippen molar-refractivity contribution in [3.8, 4) is 5.75 Å². The quantitative estimate of drug-likeness (QED) is 0.927. The fraction of sp³-hybridized carbons (Fsp3) is 0.556. The number of likely N-dealkylation sites (tertiary alicyclic amines) is 1. The average molecular weight is 316 g/mol. The van der Waals surface area contributed by atoms with Gasteiger partial charge in [0.25, 0.3) is 0 Å². The molecule has 1 aromatic carbocycles. The minimum atomic E-state index is -0.320. The molecule has 0 aliphatic carbocycles. The number of hydrogen-bond acceptors (Lipinski definition) is 3. The fourth-order valence-electron chi connectivity index (χ4n) is 3.19. The van der Waals surface area contributed by atoms with Crippen molar-refractivity contribution < 1.29 is 14.3 Å². The average Bonchev–Trinajstić information content (AvgIpc) is 2.97. The highest BCUT2D eigenvalue weighted by Gasteiger charge is 2.33. The first-order valence-corrected chi connectivity index (χ1v) is 8.35. The molecule has 2 amide bonds. The van der Waals surface area contributed by atoms with Gasteiger partial charge in [0.05, 0.1) is 0 Å². The van der Waals surface area contributed by atoms with Crippen molar-refractivity contribution in [1.29, 1.82) is 0 Å². The van der Waals surface area contributed by atoms with Crippen LogP contribution < -0.4 is 10.1 Å². The summed E-state index contributed by atoms with van der Waals surface area (Å²) in [6.07, 6.45) is 2.90. The second kappa shape index (κ2) is 6.60. The summed E-state index contributed by atoms with van der Waals surface area (Å²) in [5, 5.41) is 2.75. The number of hydrogen-bond donors (Lipinski definition) is 1. The van der Waals surface area contributed by atoms with Crippen LogP contribution in [0.1, 0.15) is 36.8 Å². The lowest BCUT2D eigenvalue weighted by Gasteiger charge is -2.33. The molecule has 5 nitrogen and oxygen atoms in total. The molecule has 2 aliphatic rings. The van der Waals surface area contributed by atoms with Crippen molar-refractivity contribution in [3.63, 3.8) is 0 Å². The fourth-order valence-corrected chi connectivity index (χ4v) is 3.19. The van der Waals surface area contributed by atoms with E-state index in [2.05, 4.69) is 31.3 Å². The molecular weight excluding hydrogens is 292 g/mol. The van der Waals surface area contributed by atoms with Gasteiger partial charge in [-0.3, -0.25) is 9.59 Å². The van der Waals surface area contributed by atoms with E-state index in [4.69, 9.17) is 4.74 Å². The molecule has 1 atom stereocenters. The second-order valence-electron chi connectivity index (χ2n) is 6.55. The van der Waals surface area contributed by atoms with Crippen molar-refractivity contribution in [1.82, 2.24) is 10.2 Å². The SMILES string of the molecule is Cc1ccc(OC2CCN(C(=O)C3CCC(=O)N3)CC2)cc1C. The lowest BCUT2D eigenvalue weighted by Crippen LogP contribution is -2.49. The van der Waals surface area contributed by atoms with Crippen LogP contribution in [0.3, 0.4) is 0 Å². The van der Waals surface area contributed by atoms with Crippen LogP contribution >= 0.6 is 0 Å². The third-order valence-electron chi connectivity index (χ3n) is 4.83. The van der Waals surface area contributed by atoms with E-state index in [0.717, 1.165) is 18.6 Å². The summed E-state index contributed by atoms with van der Waals surface area (Å²) >= 11 is 0. The van der Waals surface area contributed by atoms with Crippen LogP contribution in [0, 0.1) is 13.8 Å². The highest BCUT2D eigenvalue weighted by Crippen LogP contribution is 2.22. The highest BCUT2D eigenvalue weighted by atomic mass is 16.5. The molecule has 1 unspecified atom stereocenters. The number of carbonyl (C=O) groups is 2. The molecule has 1 N–H and O–H groups in total. The third-order valence-corrected chi connectivity index (χ3v) is 4.83. The largest absolute Gasteiger partial charge is 0.490 e. The maximum Gasteiger partial charge on any atom is 0.245 e. The van der Waals surface area contributed by atoms with Crippen molar-refractivity contribution >= 4 is 11.8 Å². The molecule has 0 bridgehead atoms. The Morgan fingerprint density at radius 2 is 1.91 bits per heavy atom. The predicted molar refractivity (Wildman–Crippen MR) is 87.3 cm³/mol. The molecule has 124 valence electrons. The standard InChI is InChI=1S/C18H24N2O3/c1-12-3-4-15(11-13(12)2)23-14-7-9-20(10-8-14)18(22)16-5-6-17(21)19-16/h3-4,11,14,16H,5-10H2,1-2H3,(H,19,21). The van der Waals surface area contributed by atoms with Gasteiger partial charge in [0, 0.05) is 32.4 Å². The Hall–Kier alpha value is -2.04. The summed E-state index contributed by atoms with van der Waals surface area (Å²) in [5.74, 6) is 0.942. The van der Waals surface area contributed by atoms with Crippen molar-refractivity contribution in [2.45, 2.75) is 51.7 Å². The Kier molecular flexibility index (Phi) is 4.55. The molecule has 2 saturated heterocycles. The molecular formula is C18H24N2O3. The number of rotatable bonds is 3. The van der Waals surface area contributed by atoms with Crippen LogP contribution in [0.5, 0.6) is 5.75 Å². The molecule has 0 spiro atoms. The van der Waals surface area contributed by atoms with Gasteiger partial charge in [0.1, 0.15) is 17.9 Å². The lowest BCUT2D eigenvalue weighted by molar-refractivity contribution is -0.136. The number of benzene rings is 1. The number of nitrogens with one attached hydrogen (secondary N) is 1. The zero-order valence-corrected chi connectivity index (χ0v) is 13.8. The zero-order valence-electron chi connectivity index (χ0n) is 13.8. The summed E-state index contributed by atoms with van der Waals surface area (Å²) in [6, 6.07) is 5.83. The van der Waals surface area contributed by atoms with Crippen molar-refractivity contribution in [3.05, 3.63) is 29.3 Å². The van der Waals surface area contributed by atoms with E-state index in [1.54, 1.807) is 0 Å². The van der Waals surface area contributed by atoms with Gasteiger partial charge in [-0.1, -0.05) is 6.07 Å². The first-order chi connectivity index (χ1) is 11.0. The summed E-state index contributed by atoms with van der Waals surface area (Å²) in [4.78, 5) is 25.5.